The Kier molecular flexibility index (Phi) is 2.37. The lowest BCUT2D eigenvalue weighted by Gasteiger charge is -2.00. The van der Waals surface area contributed by atoms with Crippen LogP contribution in [-0.4, -0.2) is 26.5 Å². The Balaban J connectivity index is 2.04. The van der Waals surface area contributed by atoms with Gasteiger partial charge in [0.15, 0.2) is 5.82 Å². The van der Waals surface area contributed by atoms with Gasteiger partial charge in [-0.15, -0.1) is 0 Å². The van der Waals surface area contributed by atoms with Crippen LogP contribution in [0.3, 0.4) is 0 Å². The van der Waals surface area contributed by atoms with E-state index in [0.29, 0.717) is 16.5 Å². The van der Waals surface area contributed by atoms with Crippen molar-refractivity contribution in [3.05, 3.63) is 35.6 Å². The minimum atomic E-state index is 0.193. The summed E-state index contributed by atoms with van der Waals surface area (Å²) in [5.74, 6) is 1.14. The smallest absolute Gasteiger partial charge is 0.254 e. The summed E-state index contributed by atoms with van der Waals surface area (Å²) >= 11 is 5.13. The second-order valence-electron chi connectivity index (χ2n) is 3.32. The summed E-state index contributed by atoms with van der Waals surface area (Å²) in [4.78, 5) is 8.25. The fourth-order valence-corrected chi connectivity index (χ4v) is 1.68. The zero-order chi connectivity index (χ0) is 11.7. The molecule has 0 spiro atoms. The maximum atomic E-state index is 5.22. The molecule has 6 nitrogen and oxygen atoms in total. The molecule has 0 aromatic carbocycles. The molecule has 0 aliphatic carbocycles. The van der Waals surface area contributed by atoms with Crippen molar-refractivity contribution < 1.29 is 9.47 Å². The molecule has 2 aromatic heterocycles. The number of nitrogens with zero attached hydrogens (tertiary/aromatic N) is 3. The second kappa shape index (κ2) is 4.02. The van der Waals surface area contributed by atoms with Gasteiger partial charge in [-0.1, -0.05) is 0 Å². The molecule has 0 radical (unpaired) electrons. The average Bonchev–Trinajstić information content (AvgIpc) is 2.99. The molecular formula is C10H8N4O2S. The Bertz CT molecular complexity index is 617. The molecule has 1 aliphatic rings. The van der Waals surface area contributed by atoms with Crippen LogP contribution >= 0.6 is 12.2 Å². The second-order valence-corrected chi connectivity index (χ2v) is 3.68. The number of rotatable bonds is 2. The number of ether oxygens (including phenoxy) is 2. The average molecular weight is 248 g/mol. The van der Waals surface area contributed by atoms with Gasteiger partial charge in [0.05, 0.1) is 0 Å². The maximum Gasteiger partial charge on any atom is 0.254 e. The molecule has 0 fully saturated rings. The van der Waals surface area contributed by atoms with Crippen LogP contribution in [0.2, 0.25) is 0 Å². The summed E-state index contributed by atoms with van der Waals surface area (Å²) in [6.45, 7) is 0.193. The Hall–Kier alpha value is -2.15. The van der Waals surface area contributed by atoms with Crippen molar-refractivity contribution in [2.75, 3.05) is 6.79 Å². The lowest BCUT2D eigenvalue weighted by molar-refractivity contribution is 0.0950. The summed E-state index contributed by atoms with van der Waals surface area (Å²) < 4.78 is 12.1. The van der Waals surface area contributed by atoms with E-state index in [1.54, 1.807) is 17.1 Å². The predicted molar refractivity (Wildman–Crippen MR) is 62.0 cm³/mol. The maximum absolute atomic E-state index is 5.22. The van der Waals surface area contributed by atoms with Gasteiger partial charge in [-0.3, -0.25) is 10.1 Å². The quantitative estimate of drug-likeness (QED) is 0.820. The number of hydrogen-bond donors (Lipinski definition) is 1. The first kappa shape index (κ1) is 10.0. The van der Waals surface area contributed by atoms with Crippen molar-refractivity contribution in [1.82, 2.24) is 19.7 Å². The lowest BCUT2D eigenvalue weighted by Crippen LogP contribution is -1.99. The first-order chi connectivity index (χ1) is 8.34. The van der Waals surface area contributed by atoms with Crippen LogP contribution < -0.4 is 0 Å². The van der Waals surface area contributed by atoms with Crippen molar-refractivity contribution >= 4 is 18.1 Å². The highest BCUT2D eigenvalue weighted by molar-refractivity contribution is 7.71. The zero-order valence-corrected chi connectivity index (χ0v) is 9.48. The molecule has 3 rings (SSSR count). The Morgan fingerprint density at radius 2 is 2.41 bits per heavy atom. The van der Waals surface area contributed by atoms with Crippen molar-refractivity contribution in [2.24, 2.45) is 0 Å². The van der Waals surface area contributed by atoms with Crippen LogP contribution in [0.5, 0.6) is 0 Å². The third-order valence-corrected chi connectivity index (χ3v) is 2.50. The van der Waals surface area contributed by atoms with Crippen LogP contribution in [0, 0.1) is 4.77 Å². The lowest BCUT2D eigenvalue weighted by atomic mass is 10.3. The van der Waals surface area contributed by atoms with Crippen LogP contribution in [0.4, 0.5) is 0 Å². The topological polar surface area (TPSA) is 65.0 Å². The van der Waals surface area contributed by atoms with Gasteiger partial charge in [-0.2, -0.15) is 9.67 Å². The largest absolute Gasteiger partial charge is 0.459 e. The van der Waals surface area contributed by atoms with Gasteiger partial charge in [0, 0.05) is 18.0 Å². The molecule has 0 bridgehead atoms. The highest BCUT2D eigenvalue weighted by Gasteiger charge is 2.13. The third-order valence-electron chi connectivity index (χ3n) is 2.23. The molecule has 1 aliphatic heterocycles. The third kappa shape index (κ3) is 1.80. The Morgan fingerprint density at radius 1 is 1.47 bits per heavy atom. The van der Waals surface area contributed by atoms with E-state index in [0.717, 1.165) is 5.56 Å². The SMILES string of the molecule is S=c1nc(-c2cccnc2)[nH]n1C1=COCO1. The highest BCUT2D eigenvalue weighted by Crippen LogP contribution is 2.17. The molecule has 0 saturated heterocycles. The van der Waals surface area contributed by atoms with E-state index in [1.165, 1.54) is 6.26 Å². The minimum Gasteiger partial charge on any atom is -0.459 e. The molecule has 7 heteroatoms. The van der Waals surface area contributed by atoms with Crippen molar-refractivity contribution in [3.8, 4) is 11.4 Å². The summed E-state index contributed by atoms with van der Waals surface area (Å²) in [6, 6.07) is 3.73. The predicted octanol–water partition coefficient (Wildman–Crippen LogP) is 1.76. The van der Waals surface area contributed by atoms with E-state index in [2.05, 4.69) is 15.1 Å². The summed E-state index contributed by atoms with van der Waals surface area (Å²) in [7, 11) is 0. The molecular weight excluding hydrogens is 240 g/mol. The Morgan fingerprint density at radius 3 is 3.12 bits per heavy atom. The first-order valence-corrected chi connectivity index (χ1v) is 5.30. The van der Waals surface area contributed by atoms with E-state index in [1.807, 2.05) is 12.1 Å². The van der Waals surface area contributed by atoms with Gasteiger partial charge in [-0.05, 0) is 24.4 Å². The van der Waals surface area contributed by atoms with Gasteiger partial charge in [-0.25, -0.2) is 0 Å². The number of aromatic nitrogens is 4. The molecule has 0 unspecified atom stereocenters. The number of aromatic amines is 1. The van der Waals surface area contributed by atoms with Crippen LogP contribution in [0.15, 0.2) is 30.8 Å². The molecule has 2 aromatic rings. The zero-order valence-electron chi connectivity index (χ0n) is 8.66. The summed E-state index contributed by atoms with van der Waals surface area (Å²) in [6.07, 6.45) is 4.89. The highest BCUT2D eigenvalue weighted by atomic mass is 32.1. The number of hydrogen-bond acceptors (Lipinski definition) is 5. The monoisotopic (exact) mass is 248 g/mol. The fraction of sp³-hybridized carbons (Fsp3) is 0.100. The number of H-pyrrole nitrogens is 1. The summed E-state index contributed by atoms with van der Waals surface area (Å²) in [5.41, 5.74) is 0.858. The van der Waals surface area contributed by atoms with Gasteiger partial charge >= 0.3 is 0 Å². The fourth-order valence-electron chi connectivity index (χ4n) is 1.46. The van der Waals surface area contributed by atoms with Crippen LogP contribution in [-0.2, 0) is 9.47 Å². The number of nitrogens with one attached hydrogen (secondary N) is 1. The van der Waals surface area contributed by atoms with E-state index in [9.17, 15) is 0 Å². The summed E-state index contributed by atoms with van der Waals surface area (Å²) in [5, 5.41) is 3.03. The van der Waals surface area contributed by atoms with E-state index >= 15 is 0 Å². The van der Waals surface area contributed by atoms with Gasteiger partial charge in [0.2, 0.25) is 11.6 Å². The molecule has 17 heavy (non-hydrogen) atoms. The molecule has 0 atom stereocenters. The van der Waals surface area contributed by atoms with Crippen molar-refractivity contribution in [3.63, 3.8) is 0 Å². The van der Waals surface area contributed by atoms with Crippen LogP contribution in [0.1, 0.15) is 0 Å². The van der Waals surface area contributed by atoms with Gasteiger partial charge < -0.3 is 9.47 Å². The van der Waals surface area contributed by atoms with Crippen molar-refractivity contribution in [1.29, 1.82) is 0 Å². The Labute approximate surface area is 102 Å². The molecule has 3 heterocycles. The standard InChI is InChI=1S/C10H8N4O2S/c17-10-12-9(7-2-1-3-11-4-7)13-14(10)8-5-15-6-16-8/h1-5H,6H2,(H,12,13,17). The van der Waals surface area contributed by atoms with E-state index in [4.69, 9.17) is 21.7 Å². The van der Waals surface area contributed by atoms with Crippen molar-refractivity contribution in [2.45, 2.75) is 0 Å². The molecule has 1 N–H and O–H groups in total. The normalized spacial score (nSPS) is 14.0. The number of pyridine rings is 1. The van der Waals surface area contributed by atoms with Crippen LogP contribution in [0.25, 0.3) is 17.3 Å². The van der Waals surface area contributed by atoms with Gasteiger partial charge in [0.1, 0.15) is 6.26 Å². The molecule has 0 amide bonds. The van der Waals surface area contributed by atoms with Gasteiger partial charge in [0.25, 0.3) is 5.88 Å². The van der Waals surface area contributed by atoms with E-state index < -0.39 is 0 Å². The van der Waals surface area contributed by atoms with E-state index in [-0.39, 0.29) is 6.79 Å². The first-order valence-electron chi connectivity index (χ1n) is 4.89. The molecule has 0 saturated carbocycles. The molecule has 86 valence electrons. The minimum absolute atomic E-state index is 0.193.